The average molecular weight is 411 g/mol. The Hall–Kier alpha value is -1.67. The summed E-state index contributed by atoms with van der Waals surface area (Å²) in [6, 6.07) is -0.781. The van der Waals surface area contributed by atoms with Crippen LogP contribution in [0.25, 0.3) is 0 Å². The van der Waals surface area contributed by atoms with E-state index in [-0.39, 0.29) is 31.6 Å². The summed E-state index contributed by atoms with van der Waals surface area (Å²) in [4.78, 5) is 41.1. The molecule has 3 rings (SSSR count). The first-order chi connectivity index (χ1) is 13.9. The largest absolute Gasteiger partial charge is 0.466 e. The number of fused-ring (bicyclic) bond motifs is 1. The van der Waals surface area contributed by atoms with Crippen LogP contribution in [0.5, 0.6) is 0 Å². The van der Waals surface area contributed by atoms with Crippen molar-refractivity contribution in [2.45, 2.75) is 76.5 Å². The number of amides is 2. The number of hydrogen-bond acceptors (Lipinski definition) is 6. The van der Waals surface area contributed by atoms with Crippen LogP contribution >= 0.6 is 0 Å². The second-order valence-electron chi connectivity index (χ2n) is 8.34. The Morgan fingerprint density at radius 1 is 1.28 bits per heavy atom. The lowest BCUT2D eigenvalue weighted by Crippen LogP contribution is -2.55. The monoisotopic (exact) mass is 410 g/mol. The zero-order valence-electron chi connectivity index (χ0n) is 17.7. The number of carbonyl (C=O) groups is 3. The molecule has 0 aromatic heterocycles. The number of rotatable bonds is 10. The molecule has 0 aromatic carbocycles. The fourth-order valence-corrected chi connectivity index (χ4v) is 5.58. The van der Waals surface area contributed by atoms with Crippen molar-refractivity contribution in [3.63, 3.8) is 0 Å². The summed E-state index contributed by atoms with van der Waals surface area (Å²) in [7, 11) is 0. The van der Waals surface area contributed by atoms with E-state index >= 15 is 0 Å². The Morgan fingerprint density at radius 2 is 2.03 bits per heavy atom. The molecule has 0 aliphatic carbocycles. The molecule has 3 heterocycles. The molecule has 3 saturated heterocycles. The first-order valence-corrected chi connectivity index (χ1v) is 11.0. The maximum absolute atomic E-state index is 13.5. The van der Waals surface area contributed by atoms with Crippen LogP contribution in [0.2, 0.25) is 0 Å². The van der Waals surface area contributed by atoms with Gasteiger partial charge in [-0.05, 0) is 39.0 Å². The predicted octanol–water partition coefficient (Wildman–Crippen LogP) is 1.00. The molecule has 3 fully saturated rings. The van der Waals surface area contributed by atoms with Crippen LogP contribution in [0, 0.1) is 11.8 Å². The van der Waals surface area contributed by atoms with Gasteiger partial charge in [0.15, 0.2) is 0 Å². The lowest BCUT2D eigenvalue weighted by molar-refractivity contribution is -0.160. The topological polar surface area (TPSA) is 105 Å². The summed E-state index contributed by atoms with van der Waals surface area (Å²) in [5.41, 5.74) is -1.76. The minimum absolute atomic E-state index is 0.0767. The van der Waals surface area contributed by atoms with Crippen molar-refractivity contribution in [2.24, 2.45) is 11.8 Å². The van der Waals surface area contributed by atoms with Gasteiger partial charge in [0.2, 0.25) is 11.8 Å². The van der Waals surface area contributed by atoms with Crippen LogP contribution in [0.3, 0.4) is 0 Å². The third kappa shape index (κ3) is 3.34. The molecule has 1 spiro atoms. The standard InChI is InChI=1S/C21H34N2O6/c1-4-7-11-22-17(25)16-21-10-9-20(5-2,29-21)15(19(27)28-6-3)14(21)18(26)23(16)12-8-13-24/h14-16,24H,4-13H2,1-3H3,(H,22,25)/t14-,15+,16?,20-,21?/m0/s1. The van der Waals surface area contributed by atoms with Gasteiger partial charge in [0.25, 0.3) is 0 Å². The number of aliphatic hydroxyl groups is 1. The summed E-state index contributed by atoms with van der Waals surface area (Å²) < 4.78 is 11.9. The van der Waals surface area contributed by atoms with E-state index in [1.807, 2.05) is 13.8 Å². The van der Waals surface area contributed by atoms with E-state index in [0.29, 0.717) is 32.2 Å². The second-order valence-corrected chi connectivity index (χ2v) is 8.34. The number of carbonyl (C=O) groups excluding carboxylic acids is 3. The van der Waals surface area contributed by atoms with Gasteiger partial charge in [-0.2, -0.15) is 0 Å². The molecule has 8 nitrogen and oxygen atoms in total. The van der Waals surface area contributed by atoms with Crippen molar-refractivity contribution in [3.8, 4) is 0 Å². The van der Waals surface area contributed by atoms with E-state index in [4.69, 9.17) is 9.47 Å². The van der Waals surface area contributed by atoms with Gasteiger partial charge in [0, 0.05) is 19.7 Å². The number of aliphatic hydroxyl groups excluding tert-OH is 1. The molecule has 2 N–H and O–H groups in total. The molecule has 5 atom stereocenters. The van der Waals surface area contributed by atoms with E-state index in [0.717, 1.165) is 12.8 Å². The molecule has 2 bridgehead atoms. The van der Waals surface area contributed by atoms with Crippen molar-refractivity contribution < 1.29 is 29.0 Å². The van der Waals surface area contributed by atoms with Crippen LogP contribution in [-0.4, -0.2) is 71.3 Å². The first kappa shape index (κ1) is 22.0. The molecule has 164 valence electrons. The third-order valence-corrected chi connectivity index (χ3v) is 6.86. The van der Waals surface area contributed by atoms with Crippen LogP contribution in [-0.2, 0) is 23.9 Å². The van der Waals surface area contributed by atoms with Gasteiger partial charge in [-0.25, -0.2) is 0 Å². The van der Waals surface area contributed by atoms with Crippen LogP contribution in [0.4, 0.5) is 0 Å². The molecule has 0 saturated carbocycles. The molecule has 2 unspecified atom stereocenters. The van der Waals surface area contributed by atoms with Crippen molar-refractivity contribution in [3.05, 3.63) is 0 Å². The number of likely N-dealkylation sites (tertiary alicyclic amines) is 1. The number of ether oxygens (including phenoxy) is 2. The minimum Gasteiger partial charge on any atom is -0.466 e. The first-order valence-electron chi connectivity index (χ1n) is 11.0. The van der Waals surface area contributed by atoms with E-state index in [2.05, 4.69) is 5.32 Å². The number of nitrogens with zero attached hydrogens (tertiary/aromatic N) is 1. The SMILES string of the molecule is CCCCNC(=O)C1N(CCCO)C(=O)[C@@H]2[C@H](C(=O)OCC)[C@]3(CC)CCC12O3. The Balaban J connectivity index is 1.98. The molecule has 0 radical (unpaired) electrons. The van der Waals surface area contributed by atoms with Crippen LogP contribution < -0.4 is 5.32 Å². The molecule has 8 heteroatoms. The molecule has 2 amide bonds. The Kier molecular flexibility index (Phi) is 6.53. The fourth-order valence-electron chi connectivity index (χ4n) is 5.58. The Morgan fingerprint density at radius 3 is 2.66 bits per heavy atom. The molecule has 3 aliphatic rings. The zero-order valence-corrected chi connectivity index (χ0v) is 17.7. The van der Waals surface area contributed by atoms with Gasteiger partial charge >= 0.3 is 5.97 Å². The summed E-state index contributed by atoms with van der Waals surface area (Å²) >= 11 is 0. The number of nitrogens with one attached hydrogen (secondary N) is 1. The smallest absolute Gasteiger partial charge is 0.312 e. The highest BCUT2D eigenvalue weighted by molar-refractivity contribution is 5.98. The third-order valence-electron chi connectivity index (χ3n) is 6.86. The summed E-state index contributed by atoms with van der Waals surface area (Å²) in [6.45, 7) is 6.70. The van der Waals surface area contributed by atoms with Gasteiger partial charge in [-0.1, -0.05) is 20.3 Å². The highest BCUT2D eigenvalue weighted by atomic mass is 16.6. The number of esters is 1. The van der Waals surface area contributed by atoms with Gasteiger partial charge in [0.1, 0.15) is 17.6 Å². The summed E-state index contributed by atoms with van der Waals surface area (Å²) in [5.74, 6) is -2.29. The molecular weight excluding hydrogens is 376 g/mol. The van der Waals surface area contributed by atoms with Crippen molar-refractivity contribution >= 4 is 17.8 Å². The number of unbranched alkanes of at least 4 members (excludes halogenated alkanes) is 1. The Labute approximate surface area is 172 Å². The lowest BCUT2D eigenvalue weighted by Gasteiger charge is -2.33. The maximum Gasteiger partial charge on any atom is 0.312 e. The van der Waals surface area contributed by atoms with E-state index in [1.165, 1.54) is 4.90 Å². The van der Waals surface area contributed by atoms with E-state index < -0.39 is 35.0 Å². The average Bonchev–Trinajstić information content (AvgIpc) is 3.30. The van der Waals surface area contributed by atoms with Gasteiger partial charge < -0.3 is 24.8 Å². The molecular formula is C21H34N2O6. The quantitative estimate of drug-likeness (QED) is 0.411. The van der Waals surface area contributed by atoms with E-state index in [1.54, 1.807) is 6.92 Å². The highest BCUT2D eigenvalue weighted by Gasteiger charge is 2.78. The van der Waals surface area contributed by atoms with Gasteiger partial charge in [-0.15, -0.1) is 0 Å². The number of hydrogen-bond donors (Lipinski definition) is 2. The zero-order chi connectivity index (χ0) is 21.2. The molecule has 0 aromatic rings. The van der Waals surface area contributed by atoms with Crippen molar-refractivity contribution in [1.82, 2.24) is 10.2 Å². The lowest BCUT2D eigenvalue weighted by atomic mass is 9.65. The normalized spacial score (nSPS) is 35.1. The van der Waals surface area contributed by atoms with Crippen LogP contribution in [0.15, 0.2) is 0 Å². The van der Waals surface area contributed by atoms with Gasteiger partial charge in [-0.3, -0.25) is 14.4 Å². The second kappa shape index (κ2) is 8.60. The predicted molar refractivity (Wildman–Crippen MR) is 105 cm³/mol. The van der Waals surface area contributed by atoms with Crippen LogP contribution in [0.1, 0.15) is 59.3 Å². The van der Waals surface area contributed by atoms with E-state index in [9.17, 15) is 19.5 Å². The van der Waals surface area contributed by atoms with Crippen molar-refractivity contribution in [1.29, 1.82) is 0 Å². The van der Waals surface area contributed by atoms with Crippen molar-refractivity contribution in [2.75, 3.05) is 26.3 Å². The molecule has 3 aliphatic heterocycles. The Bertz CT molecular complexity index is 655. The molecule has 29 heavy (non-hydrogen) atoms. The van der Waals surface area contributed by atoms with Gasteiger partial charge in [0.05, 0.1) is 18.1 Å². The summed E-state index contributed by atoms with van der Waals surface area (Å²) in [5, 5.41) is 12.2. The fraction of sp³-hybridized carbons (Fsp3) is 0.857. The minimum atomic E-state index is -1.00. The maximum atomic E-state index is 13.5. The highest BCUT2D eigenvalue weighted by Crippen LogP contribution is 2.64. The summed E-state index contributed by atoms with van der Waals surface area (Å²) in [6.07, 6.45) is 3.95.